The molecule has 0 aromatic heterocycles. The minimum atomic E-state index is -0.0851. The topological polar surface area (TPSA) is 73.1 Å². The highest BCUT2D eigenvalue weighted by Gasteiger charge is 2.13. The first kappa shape index (κ1) is 13.3. The van der Waals surface area contributed by atoms with Crippen molar-refractivity contribution >= 4 is 17.7 Å². The van der Waals surface area contributed by atoms with E-state index >= 15 is 0 Å². The second-order valence-electron chi connectivity index (χ2n) is 3.17. The third kappa shape index (κ3) is 5.84. The highest BCUT2D eigenvalue weighted by molar-refractivity contribution is 8.00. The first-order valence-corrected chi connectivity index (χ1v) is 5.62. The summed E-state index contributed by atoms with van der Waals surface area (Å²) in [7, 11) is 0. The molecule has 0 aromatic carbocycles. The predicted molar refractivity (Wildman–Crippen MR) is 56.8 cm³/mol. The van der Waals surface area contributed by atoms with Crippen LogP contribution >= 0.6 is 11.8 Å². The van der Waals surface area contributed by atoms with E-state index in [2.05, 4.69) is 5.32 Å². The summed E-state index contributed by atoms with van der Waals surface area (Å²) in [5.74, 6) is 0.603. The number of amides is 1. The molecule has 1 amide bonds. The van der Waals surface area contributed by atoms with Crippen molar-refractivity contribution in [2.24, 2.45) is 5.92 Å². The lowest BCUT2D eigenvalue weighted by atomic mass is 10.1. The maximum atomic E-state index is 11.2. The molecule has 5 heteroatoms. The molecule has 0 aromatic rings. The zero-order valence-corrected chi connectivity index (χ0v) is 9.30. The van der Waals surface area contributed by atoms with Crippen LogP contribution in [-0.4, -0.2) is 35.2 Å². The van der Waals surface area contributed by atoms with E-state index in [0.717, 1.165) is 0 Å². The number of nitriles is 1. The lowest BCUT2D eigenvalue weighted by molar-refractivity contribution is -0.119. The molecule has 0 rings (SSSR count). The molecule has 2 N–H and O–H groups in total. The number of aliphatic hydroxyl groups excluding tert-OH is 1. The van der Waals surface area contributed by atoms with Gasteiger partial charge in [0.15, 0.2) is 0 Å². The Morgan fingerprint density at radius 3 is 2.79 bits per heavy atom. The van der Waals surface area contributed by atoms with Gasteiger partial charge in [-0.05, 0) is 12.8 Å². The standard InChI is InChI=1S/C9H16N2O2S/c1-7(5-12)8(2)11-9(13)6-14-4-3-10/h7-8,12H,4-6H2,1-2H3,(H,11,13). The Labute approximate surface area is 88.7 Å². The molecule has 4 nitrogen and oxygen atoms in total. The number of hydrogen-bond acceptors (Lipinski definition) is 4. The Morgan fingerprint density at radius 2 is 2.29 bits per heavy atom. The lowest BCUT2D eigenvalue weighted by Crippen LogP contribution is -2.39. The Bertz CT molecular complexity index is 215. The molecule has 0 bridgehead atoms. The van der Waals surface area contributed by atoms with Gasteiger partial charge in [-0.2, -0.15) is 5.26 Å². The minimum Gasteiger partial charge on any atom is -0.396 e. The van der Waals surface area contributed by atoms with Crippen LogP contribution in [0.25, 0.3) is 0 Å². The average molecular weight is 216 g/mol. The normalized spacial score (nSPS) is 14.1. The van der Waals surface area contributed by atoms with E-state index < -0.39 is 0 Å². The van der Waals surface area contributed by atoms with Crippen LogP contribution in [0.5, 0.6) is 0 Å². The number of carbonyl (C=O) groups excluding carboxylic acids is 1. The molecule has 14 heavy (non-hydrogen) atoms. The van der Waals surface area contributed by atoms with Crippen molar-refractivity contribution in [2.75, 3.05) is 18.1 Å². The largest absolute Gasteiger partial charge is 0.396 e. The van der Waals surface area contributed by atoms with Gasteiger partial charge in [-0.25, -0.2) is 0 Å². The summed E-state index contributed by atoms with van der Waals surface area (Å²) < 4.78 is 0. The fourth-order valence-electron chi connectivity index (χ4n) is 0.785. The van der Waals surface area contributed by atoms with Gasteiger partial charge in [0.05, 0.1) is 17.6 Å². The first-order chi connectivity index (χ1) is 6.61. The number of nitrogens with zero attached hydrogens (tertiary/aromatic N) is 1. The number of rotatable bonds is 6. The maximum Gasteiger partial charge on any atom is 0.230 e. The number of nitrogens with one attached hydrogen (secondary N) is 1. The predicted octanol–water partition coefficient (Wildman–Crippen LogP) is 0.376. The fourth-order valence-corrected chi connectivity index (χ4v) is 1.25. The van der Waals surface area contributed by atoms with Crippen LogP contribution in [0.15, 0.2) is 0 Å². The molecule has 0 aliphatic heterocycles. The van der Waals surface area contributed by atoms with Crippen molar-refractivity contribution in [3.05, 3.63) is 0 Å². The molecule has 0 fully saturated rings. The third-order valence-corrected chi connectivity index (χ3v) is 2.73. The van der Waals surface area contributed by atoms with E-state index in [1.807, 2.05) is 19.9 Å². The fraction of sp³-hybridized carbons (Fsp3) is 0.778. The molecule has 2 atom stereocenters. The summed E-state index contributed by atoms with van der Waals surface area (Å²) >= 11 is 1.29. The van der Waals surface area contributed by atoms with Crippen LogP contribution in [0.4, 0.5) is 0 Å². The van der Waals surface area contributed by atoms with Gasteiger partial charge in [-0.15, -0.1) is 11.8 Å². The minimum absolute atomic E-state index is 0.0322. The van der Waals surface area contributed by atoms with Gasteiger partial charge >= 0.3 is 0 Å². The van der Waals surface area contributed by atoms with Gasteiger partial charge in [0.25, 0.3) is 0 Å². The second-order valence-corrected chi connectivity index (χ2v) is 4.15. The van der Waals surface area contributed by atoms with Crippen LogP contribution in [0, 0.1) is 17.2 Å². The Kier molecular flexibility index (Phi) is 7.25. The van der Waals surface area contributed by atoms with Gasteiger partial charge in [-0.1, -0.05) is 6.92 Å². The van der Waals surface area contributed by atoms with Gasteiger partial charge in [0.1, 0.15) is 0 Å². The van der Waals surface area contributed by atoms with E-state index in [1.165, 1.54) is 11.8 Å². The van der Waals surface area contributed by atoms with Gasteiger partial charge in [0.2, 0.25) is 5.91 Å². The Hall–Kier alpha value is -0.730. The van der Waals surface area contributed by atoms with Crippen molar-refractivity contribution in [2.45, 2.75) is 19.9 Å². The highest BCUT2D eigenvalue weighted by atomic mass is 32.2. The second kappa shape index (κ2) is 7.65. The van der Waals surface area contributed by atoms with Gasteiger partial charge in [0, 0.05) is 12.6 Å². The number of thioether (sulfide) groups is 1. The molecule has 0 saturated carbocycles. The van der Waals surface area contributed by atoms with Crippen molar-refractivity contribution in [1.29, 1.82) is 5.26 Å². The molecule has 0 aliphatic rings. The molecule has 0 saturated heterocycles. The van der Waals surface area contributed by atoms with Crippen LogP contribution < -0.4 is 5.32 Å². The zero-order valence-electron chi connectivity index (χ0n) is 8.49. The number of carbonyl (C=O) groups is 1. The third-order valence-electron chi connectivity index (χ3n) is 1.93. The Morgan fingerprint density at radius 1 is 1.64 bits per heavy atom. The monoisotopic (exact) mass is 216 g/mol. The molecule has 0 spiro atoms. The van der Waals surface area contributed by atoms with Gasteiger partial charge < -0.3 is 10.4 Å². The lowest BCUT2D eigenvalue weighted by Gasteiger charge is -2.18. The van der Waals surface area contributed by atoms with E-state index in [9.17, 15) is 4.79 Å². The summed E-state index contributed by atoms with van der Waals surface area (Å²) in [5, 5.41) is 19.8. The quantitative estimate of drug-likeness (QED) is 0.629. The van der Waals surface area contributed by atoms with Crippen molar-refractivity contribution in [1.82, 2.24) is 5.32 Å². The van der Waals surface area contributed by atoms with E-state index in [1.54, 1.807) is 0 Å². The van der Waals surface area contributed by atoms with Crippen LogP contribution in [0.3, 0.4) is 0 Å². The number of aliphatic hydroxyl groups is 1. The SMILES string of the molecule is CC(CO)C(C)NC(=O)CSCC#N. The summed E-state index contributed by atoms with van der Waals surface area (Å²) in [6, 6.07) is 1.92. The molecule has 0 radical (unpaired) electrons. The van der Waals surface area contributed by atoms with Crippen LogP contribution in [0.2, 0.25) is 0 Å². The summed E-state index contributed by atoms with van der Waals surface area (Å²) in [5.41, 5.74) is 0. The van der Waals surface area contributed by atoms with Crippen molar-refractivity contribution < 1.29 is 9.90 Å². The van der Waals surface area contributed by atoms with Crippen LogP contribution in [0.1, 0.15) is 13.8 Å². The van der Waals surface area contributed by atoms with Gasteiger partial charge in [-0.3, -0.25) is 4.79 Å². The highest BCUT2D eigenvalue weighted by Crippen LogP contribution is 2.02. The molecule has 80 valence electrons. The smallest absolute Gasteiger partial charge is 0.230 e. The molecular weight excluding hydrogens is 200 g/mol. The number of hydrogen-bond donors (Lipinski definition) is 2. The zero-order chi connectivity index (χ0) is 11.0. The van der Waals surface area contributed by atoms with E-state index in [0.29, 0.717) is 11.5 Å². The maximum absolute atomic E-state index is 11.2. The van der Waals surface area contributed by atoms with Crippen molar-refractivity contribution in [3.8, 4) is 6.07 Å². The average Bonchev–Trinajstić information content (AvgIpc) is 2.16. The molecule has 0 aliphatic carbocycles. The Balaban J connectivity index is 3.66. The molecule has 2 unspecified atom stereocenters. The summed E-state index contributed by atoms with van der Waals surface area (Å²) in [6.07, 6.45) is 0. The summed E-state index contributed by atoms with van der Waals surface area (Å²) in [6.45, 7) is 3.79. The first-order valence-electron chi connectivity index (χ1n) is 4.46. The van der Waals surface area contributed by atoms with Crippen molar-refractivity contribution in [3.63, 3.8) is 0 Å². The molecule has 0 heterocycles. The van der Waals surface area contributed by atoms with Crippen LogP contribution in [-0.2, 0) is 4.79 Å². The van der Waals surface area contributed by atoms with E-state index in [4.69, 9.17) is 10.4 Å². The summed E-state index contributed by atoms with van der Waals surface area (Å²) in [4.78, 5) is 11.2. The van der Waals surface area contributed by atoms with E-state index in [-0.39, 0.29) is 24.5 Å². The molecular formula is C9H16N2O2S.